The minimum absolute atomic E-state index is 0.0333. The van der Waals surface area contributed by atoms with Crippen LogP contribution in [0.5, 0.6) is 0 Å². The van der Waals surface area contributed by atoms with Crippen molar-refractivity contribution in [1.82, 2.24) is 9.78 Å². The number of benzene rings is 1. The van der Waals surface area contributed by atoms with Gasteiger partial charge in [0.25, 0.3) is 0 Å². The molecule has 2 nitrogen and oxygen atoms in total. The molecule has 0 amide bonds. The van der Waals surface area contributed by atoms with Gasteiger partial charge in [0.1, 0.15) is 5.15 Å². The molecule has 0 bridgehead atoms. The Labute approximate surface area is 107 Å². The molecule has 0 saturated carbocycles. The first-order valence-corrected chi connectivity index (χ1v) is 6.12. The zero-order valence-corrected chi connectivity index (χ0v) is 11.2. The quantitative estimate of drug-likeness (QED) is 0.789. The van der Waals surface area contributed by atoms with Gasteiger partial charge in [0.05, 0.1) is 12.2 Å². The summed E-state index contributed by atoms with van der Waals surface area (Å²) in [5.74, 6) is 0. The van der Waals surface area contributed by atoms with Crippen molar-refractivity contribution < 1.29 is 0 Å². The van der Waals surface area contributed by atoms with Gasteiger partial charge in [-0.15, -0.1) is 0 Å². The summed E-state index contributed by atoms with van der Waals surface area (Å²) in [6, 6.07) is 12.2. The highest BCUT2D eigenvalue weighted by molar-refractivity contribution is 6.29. The fourth-order valence-electron chi connectivity index (χ4n) is 1.63. The van der Waals surface area contributed by atoms with Crippen LogP contribution in [0.1, 0.15) is 32.0 Å². The largest absolute Gasteiger partial charge is 0.249 e. The van der Waals surface area contributed by atoms with E-state index in [1.807, 2.05) is 28.9 Å². The van der Waals surface area contributed by atoms with Gasteiger partial charge < -0.3 is 0 Å². The van der Waals surface area contributed by atoms with E-state index in [2.05, 4.69) is 38.0 Å². The first-order chi connectivity index (χ1) is 7.97. The summed E-state index contributed by atoms with van der Waals surface area (Å²) in [6.45, 7) is 7.13. The van der Waals surface area contributed by atoms with E-state index in [0.717, 1.165) is 12.2 Å². The summed E-state index contributed by atoms with van der Waals surface area (Å²) in [6.07, 6.45) is 0. The van der Waals surface area contributed by atoms with E-state index in [1.54, 1.807) is 0 Å². The molecule has 17 heavy (non-hydrogen) atoms. The molecule has 2 rings (SSSR count). The maximum atomic E-state index is 6.20. The zero-order valence-electron chi connectivity index (χ0n) is 10.4. The van der Waals surface area contributed by atoms with Gasteiger partial charge in [0.2, 0.25) is 0 Å². The molecular weight excluding hydrogens is 232 g/mol. The Balaban J connectivity index is 2.26. The molecule has 0 fully saturated rings. The smallest absolute Gasteiger partial charge is 0.127 e. The number of hydrogen-bond acceptors (Lipinski definition) is 1. The molecule has 2 aromatic rings. The standard InChI is InChI=1S/C14H17ClN2/c1-14(2,3)12-9-13(15)17(16-12)10-11-7-5-4-6-8-11/h4-9H,10H2,1-3H3. The fourth-order valence-corrected chi connectivity index (χ4v) is 1.83. The Hall–Kier alpha value is -1.28. The van der Waals surface area contributed by atoms with Crippen LogP contribution in [0.15, 0.2) is 36.4 Å². The van der Waals surface area contributed by atoms with Crippen molar-refractivity contribution in [1.29, 1.82) is 0 Å². The summed E-state index contributed by atoms with van der Waals surface area (Å²) in [4.78, 5) is 0. The van der Waals surface area contributed by atoms with Gasteiger partial charge in [-0.25, -0.2) is 4.68 Å². The van der Waals surface area contributed by atoms with E-state index in [1.165, 1.54) is 5.56 Å². The Kier molecular flexibility index (Phi) is 3.25. The number of halogens is 1. The molecule has 1 heterocycles. The highest BCUT2D eigenvalue weighted by Gasteiger charge is 2.19. The molecule has 0 saturated heterocycles. The fraction of sp³-hybridized carbons (Fsp3) is 0.357. The molecule has 0 spiro atoms. The first-order valence-electron chi connectivity index (χ1n) is 5.74. The normalized spacial score (nSPS) is 11.8. The monoisotopic (exact) mass is 248 g/mol. The lowest BCUT2D eigenvalue weighted by Crippen LogP contribution is -2.13. The van der Waals surface area contributed by atoms with Crippen molar-refractivity contribution in [2.45, 2.75) is 32.7 Å². The average Bonchev–Trinajstić information content (AvgIpc) is 2.62. The molecule has 0 N–H and O–H groups in total. The maximum absolute atomic E-state index is 6.20. The second-order valence-corrected chi connectivity index (χ2v) is 5.63. The molecule has 0 aliphatic carbocycles. The molecular formula is C14H17ClN2. The van der Waals surface area contributed by atoms with Crippen LogP contribution >= 0.6 is 11.6 Å². The molecule has 90 valence electrons. The van der Waals surface area contributed by atoms with Gasteiger partial charge in [-0.3, -0.25) is 0 Å². The predicted octanol–water partition coefficient (Wildman–Crippen LogP) is 3.88. The molecule has 0 unspecified atom stereocenters. The molecule has 0 aliphatic heterocycles. The van der Waals surface area contributed by atoms with E-state index < -0.39 is 0 Å². The van der Waals surface area contributed by atoms with Crippen LogP contribution in [0, 0.1) is 0 Å². The SMILES string of the molecule is CC(C)(C)c1cc(Cl)n(Cc2ccccc2)n1. The third-order valence-corrected chi connectivity index (χ3v) is 2.98. The molecule has 0 aliphatic rings. The highest BCUT2D eigenvalue weighted by Crippen LogP contribution is 2.24. The van der Waals surface area contributed by atoms with E-state index in [4.69, 9.17) is 11.6 Å². The minimum Gasteiger partial charge on any atom is -0.249 e. The van der Waals surface area contributed by atoms with E-state index in [0.29, 0.717) is 5.15 Å². The van der Waals surface area contributed by atoms with Crippen molar-refractivity contribution in [3.8, 4) is 0 Å². The Morgan fingerprint density at radius 3 is 2.35 bits per heavy atom. The average molecular weight is 249 g/mol. The van der Waals surface area contributed by atoms with Crippen LogP contribution in [-0.4, -0.2) is 9.78 Å². The number of aromatic nitrogens is 2. The van der Waals surface area contributed by atoms with Crippen molar-refractivity contribution in [3.63, 3.8) is 0 Å². The van der Waals surface area contributed by atoms with Gasteiger partial charge in [0, 0.05) is 5.41 Å². The van der Waals surface area contributed by atoms with Crippen molar-refractivity contribution in [2.24, 2.45) is 0 Å². The van der Waals surface area contributed by atoms with Crippen molar-refractivity contribution in [3.05, 3.63) is 52.8 Å². The third-order valence-electron chi connectivity index (χ3n) is 2.67. The lowest BCUT2D eigenvalue weighted by Gasteiger charge is -2.14. The van der Waals surface area contributed by atoms with Crippen LogP contribution in [0.25, 0.3) is 0 Å². The first kappa shape index (κ1) is 12.2. The number of nitrogens with zero attached hydrogens (tertiary/aromatic N) is 2. The Morgan fingerprint density at radius 1 is 1.18 bits per heavy atom. The van der Waals surface area contributed by atoms with Crippen LogP contribution in [0.4, 0.5) is 0 Å². The van der Waals surface area contributed by atoms with Gasteiger partial charge >= 0.3 is 0 Å². The second kappa shape index (κ2) is 4.53. The van der Waals surface area contributed by atoms with Gasteiger partial charge in [-0.1, -0.05) is 62.7 Å². The topological polar surface area (TPSA) is 17.8 Å². The van der Waals surface area contributed by atoms with E-state index >= 15 is 0 Å². The molecule has 3 heteroatoms. The van der Waals surface area contributed by atoms with Gasteiger partial charge in [0.15, 0.2) is 0 Å². The third kappa shape index (κ3) is 2.89. The Bertz CT molecular complexity index is 495. The lowest BCUT2D eigenvalue weighted by molar-refractivity contribution is 0.545. The van der Waals surface area contributed by atoms with Gasteiger partial charge in [-0.05, 0) is 11.6 Å². The van der Waals surface area contributed by atoms with Crippen LogP contribution < -0.4 is 0 Å². The lowest BCUT2D eigenvalue weighted by atomic mass is 9.93. The van der Waals surface area contributed by atoms with Crippen LogP contribution in [-0.2, 0) is 12.0 Å². The molecule has 1 aromatic carbocycles. The van der Waals surface area contributed by atoms with Crippen molar-refractivity contribution >= 4 is 11.6 Å². The van der Waals surface area contributed by atoms with Gasteiger partial charge in [-0.2, -0.15) is 5.10 Å². The maximum Gasteiger partial charge on any atom is 0.127 e. The summed E-state index contributed by atoms with van der Waals surface area (Å²) in [5.41, 5.74) is 2.27. The summed E-state index contributed by atoms with van der Waals surface area (Å²) >= 11 is 6.20. The molecule has 0 atom stereocenters. The van der Waals surface area contributed by atoms with Crippen LogP contribution in [0.3, 0.4) is 0 Å². The summed E-state index contributed by atoms with van der Waals surface area (Å²) < 4.78 is 1.84. The second-order valence-electron chi connectivity index (χ2n) is 5.25. The van der Waals surface area contributed by atoms with E-state index in [-0.39, 0.29) is 5.41 Å². The van der Waals surface area contributed by atoms with Crippen molar-refractivity contribution in [2.75, 3.05) is 0 Å². The highest BCUT2D eigenvalue weighted by atomic mass is 35.5. The van der Waals surface area contributed by atoms with E-state index in [9.17, 15) is 0 Å². The molecule has 1 aromatic heterocycles. The predicted molar refractivity (Wildman–Crippen MR) is 71.5 cm³/mol. The number of rotatable bonds is 2. The molecule has 0 radical (unpaired) electrons. The van der Waals surface area contributed by atoms with Crippen LogP contribution in [0.2, 0.25) is 5.15 Å². The summed E-state index contributed by atoms with van der Waals surface area (Å²) in [5, 5.41) is 5.25. The number of hydrogen-bond donors (Lipinski definition) is 0. The summed E-state index contributed by atoms with van der Waals surface area (Å²) in [7, 11) is 0. The minimum atomic E-state index is 0.0333. The zero-order chi connectivity index (χ0) is 12.5. The Morgan fingerprint density at radius 2 is 1.82 bits per heavy atom.